The zero-order valence-corrected chi connectivity index (χ0v) is 22.4. The van der Waals surface area contributed by atoms with Crippen LogP contribution in [0.5, 0.6) is 0 Å². The maximum Gasteiger partial charge on any atom is 0.250 e. The number of hydrogen-bond donors (Lipinski definition) is 1. The van der Waals surface area contributed by atoms with Gasteiger partial charge in [0.1, 0.15) is 0 Å². The van der Waals surface area contributed by atoms with E-state index in [0.29, 0.717) is 18.1 Å². The van der Waals surface area contributed by atoms with Gasteiger partial charge in [0.05, 0.1) is 16.5 Å². The van der Waals surface area contributed by atoms with E-state index in [0.717, 1.165) is 54.4 Å². The van der Waals surface area contributed by atoms with Crippen LogP contribution in [0.25, 0.3) is 10.9 Å². The number of halogens is 1. The number of carbonyl (C=O) groups excluding carboxylic acids is 1. The second kappa shape index (κ2) is 10.4. The van der Waals surface area contributed by atoms with Crippen molar-refractivity contribution in [3.05, 3.63) is 105 Å². The lowest BCUT2D eigenvalue weighted by Gasteiger charge is -2.35. The molecule has 1 saturated carbocycles. The quantitative estimate of drug-likeness (QED) is 0.370. The molecular formula is C31H33ClN4O2. The van der Waals surface area contributed by atoms with Crippen LogP contribution >= 0.6 is 11.6 Å². The fourth-order valence-electron chi connectivity index (χ4n) is 5.90. The van der Waals surface area contributed by atoms with E-state index in [2.05, 4.69) is 51.3 Å². The van der Waals surface area contributed by atoms with Crippen molar-refractivity contribution >= 4 is 28.4 Å². The first-order valence-corrected chi connectivity index (χ1v) is 13.9. The summed E-state index contributed by atoms with van der Waals surface area (Å²) in [5.74, 6) is -0.00658. The molecule has 0 unspecified atom stereocenters. The molecule has 196 valence electrons. The summed E-state index contributed by atoms with van der Waals surface area (Å²) in [5, 5.41) is 5.17. The molecule has 4 aromatic rings. The van der Waals surface area contributed by atoms with Gasteiger partial charge >= 0.3 is 0 Å². The summed E-state index contributed by atoms with van der Waals surface area (Å²) < 4.78 is 3.82. The van der Waals surface area contributed by atoms with E-state index in [4.69, 9.17) is 11.6 Å². The Morgan fingerprint density at radius 3 is 2.66 bits per heavy atom. The highest BCUT2D eigenvalue weighted by Gasteiger charge is 2.40. The van der Waals surface area contributed by atoms with E-state index in [-0.39, 0.29) is 29.3 Å². The number of carbonyl (C=O) groups is 1. The Bertz CT molecular complexity index is 1520. The first-order valence-electron chi connectivity index (χ1n) is 13.5. The summed E-state index contributed by atoms with van der Waals surface area (Å²) in [7, 11) is 1.76. The maximum absolute atomic E-state index is 14.2. The highest BCUT2D eigenvalue weighted by Crippen LogP contribution is 2.38. The summed E-state index contributed by atoms with van der Waals surface area (Å²) in [5.41, 5.74) is 4.31. The minimum Gasteiger partial charge on any atom is -0.343 e. The van der Waals surface area contributed by atoms with Gasteiger partial charge in [0.2, 0.25) is 5.91 Å². The van der Waals surface area contributed by atoms with Crippen molar-refractivity contribution in [1.82, 2.24) is 19.4 Å². The van der Waals surface area contributed by atoms with Crippen molar-refractivity contribution in [3.8, 4) is 0 Å². The predicted octanol–water partition coefficient (Wildman–Crippen LogP) is 4.93. The number of benzene rings is 2. The summed E-state index contributed by atoms with van der Waals surface area (Å²) in [6.45, 7) is 2.74. The van der Waals surface area contributed by atoms with Crippen molar-refractivity contribution < 1.29 is 4.79 Å². The standard InChI is InChI=1S/C31H33ClN4O2/c1-34-15-13-22(16-29(34)37)25-12-14-33-17-26(25)31(38)36(24-10-11-24)20-23-19-35(18-21-6-3-2-4-7-21)28-9-5-8-27(32)30(23)28/h2-9,13,15-16,19,24-26,33H,10-12,14,17-18,20H2,1H3/t25-,26+/m0/s1. The highest BCUT2D eigenvalue weighted by molar-refractivity contribution is 6.35. The molecule has 2 atom stereocenters. The lowest BCUT2D eigenvalue weighted by Crippen LogP contribution is -2.47. The number of nitrogens with one attached hydrogen (secondary N) is 1. The van der Waals surface area contributed by atoms with Crippen molar-refractivity contribution in [2.24, 2.45) is 13.0 Å². The van der Waals surface area contributed by atoms with E-state index in [9.17, 15) is 9.59 Å². The van der Waals surface area contributed by atoms with Crippen molar-refractivity contribution in [2.45, 2.75) is 44.3 Å². The minimum absolute atomic E-state index is 0.0295. The van der Waals surface area contributed by atoms with Crippen LogP contribution in [0.1, 0.15) is 41.9 Å². The summed E-state index contributed by atoms with van der Waals surface area (Å²) in [6.07, 6.45) is 6.87. The molecule has 2 aromatic carbocycles. The third-order valence-electron chi connectivity index (χ3n) is 8.10. The lowest BCUT2D eigenvalue weighted by molar-refractivity contribution is -0.138. The fourth-order valence-corrected chi connectivity index (χ4v) is 6.20. The van der Waals surface area contributed by atoms with Gasteiger partial charge in [0, 0.05) is 56.6 Å². The van der Waals surface area contributed by atoms with Crippen molar-refractivity contribution in [3.63, 3.8) is 0 Å². The third kappa shape index (κ3) is 4.91. The van der Waals surface area contributed by atoms with Gasteiger partial charge in [-0.1, -0.05) is 48.0 Å². The molecule has 6 nitrogen and oxygen atoms in total. The Hall–Kier alpha value is -3.35. The number of amides is 1. The molecule has 6 rings (SSSR count). The number of fused-ring (bicyclic) bond motifs is 1. The topological polar surface area (TPSA) is 59.3 Å². The van der Waals surface area contributed by atoms with E-state index in [1.54, 1.807) is 17.7 Å². The molecule has 1 N–H and O–H groups in total. The predicted molar refractivity (Wildman–Crippen MR) is 151 cm³/mol. The average molecular weight is 529 g/mol. The number of hydrogen-bond acceptors (Lipinski definition) is 3. The summed E-state index contributed by atoms with van der Waals surface area (Å²) in [4.78, 5) is 28.7. The van der Waals surface area contributed by atoms with Gasteiger partial charge in [0.15, 0.2) is 0 Å². The van der Waals surface area contributed by atoms with Crippen molar-refractivity contribution in [2.75, 3.05) is 13.1 Å². The molecule has 1 amide bonds. The Morgan fingerprint density at radius 1 is 1.08 bits per heavy atom. The summed E-state index contributed by atoms with van der Waals surface area (Å²) in [6, 6.07) is 20.4. The Kier molecular flexibility index (Phi) is 6.85. The molecule has 3 heterocycles. The molecule has 0 spiro atoms. The number of aryl methyl sites for hydroxylation is 1. The molecule has 2 fully saturated rings. The Labute approximate surface area is 227 Å². The van der Waals surface area contributed by atoms with Crippen molar-refractivity contribution in [1.29, 1.82) is 0 Å². The van der Waals surface area contributed by atoms with E-state index in [1.807, 2.05) is 30.5 Å². The van der Waals surface area contributed by atoms with Crippen LogP contribution in [-0.4, -0.2) is 39.1 Å². The van der Waals surface area contributed by atoms with Gasteiger partial charge in [-0.25, -0.2) is 0 Å². The molecule has 7 heteroatoms. The highest BCUT2D eigenvalue weighted by atomic mass is 35.5. The zero-order valence-electron chi connectivity index (χ0n) is 21.6. The van der Waals surface area contributed by atoms with Gasteiger partial charge in [0.25, 0.3) is 5.56 Å². The van der Waals surface area contributed by atoms with E-state index < -0.39 is 0 Å². The summed E-state index contributed by atoms with van der Waals surface area (Å²) >= 11 is 6.76. The van der Waals surface area contributed by atoms with Gasteiger partial charge in [-0.15, -0.1) is 0 Å². The molecule has 2 aromatic heterocycles. The SMILES string of the molecule is Cn1ccc([C@@H]2CCNC[C@H]2C(=O)N(Cc2cn(Cc3ccccc3)c3cccc(Cl)c23)C2CC2)cc1=O. The minimum atomic E-state index is -0.204. The zero-order chi connectivity index (χ0) is 26.2. The molecule has 38 heavy (non-hydrogen) atoms. The molecular weight excluding hydrogens is 496 g/mol. The van der Waals surface area contributed by atoms with Crippen LogP contribution in [0.2, 0.25) is 5.02 Å². The fraction of sp³-hybridized carbons (Fsp3) is 0.355. The number of rotatable bonds is 7. The van der Waals surface area contributed by atoms with Crippen LogP contribution in [0.3, 0.4) is 0 Å². The Morgan fingerprint density at radius 2 is 1.89 bits per heavy atom. The van der Waals surface area contributed by atoms with Gasteiger partial charge < -0.3 is 19.4 Å². The smallest absolute Gasteiger partial charge is 0.250 e. The number of aromatic nitrogens is 2. The Balaban J connectivity index is 1.33. The molecule has 1 aliphatic heterocycles. The first kappa shape index (κ1) is 25.0. The third-order valence-corrected chi connectivity index (χ3v) is 8.41. The largest absolute Gasteiger partial charge is 0.343 e. The number of piperidine rings is 1. The lowest BCUT2D eigenvalue weighted by atomic mass is 9.80. The van der Waals surface area contributed by atoms with Gasteiger partial charge in [-0.3, -0.25) is 9.59 Å². The molecule has 1 aliphatic carbocycles. The first-order chi connectivity index (χ1) is 18.5. The van der Waals surface area contributed by atoms with E-state index >= 15 is 0 Å². The van der Waals surface area contributed by atoms with Crippen LogP contribution in [-0.2, 0) is 24.9 Å². The second-order valence-electron chi connectivity index (χ2n) is 10.7. The van der Waals surface area contributed by atoms with Crippen LogP contribution in [0, 0.1) is 5.92 Å². The van der Waals surface area contributed by atoms with Crippen LogP contribution in [0.4, 0.5) is 0 Å². The molecule has 2 aliphatic rings. The average Bonchev–Trinajstić information content (AvgIpc) is 3.72. The number of pyridine rings is 1. The van der Waals surface area contributed by atoms with Gasteiger partial charge in [-0.2, -0.15) is 0 Å². The molecule has 1 saturated heterocycles. The number of nitrogens with zero attached hydrogens (tertiary/aromatic N) is 3. The van der Waals surface area contributed by atoms with Crippen LogP contribution in [0.15, 0.2) is 77.9 Å². The molecule has 0 radical (unpaired) electrons. The normalized spacial score (nSPS) is 19.5. The molecule has 0 bridgehead atoms. The van der Waals surface area contributed by atoms with Crippen LogP contribution < -0.4 is 10.9 Å². The van der Waals surface area contributed by atoms with E-state index in [1.165, 1.54) is 5.56 Å². The van der Waals surface area contributed by atoms with Gasteiger partial charge in [-0.05, 0) is 66.6 Å². The second-order valence-corrected chi connectivity index (χ2v) is 11.1. The maximum atomic E-state index is 14.2. The monoisotopic (exact) mass is 528 g/mol.